The van der Waals surface area contributed by atoms with Crippen LogP contribution in [0.5, 0.6) is 0 Å². The lowest BCUT2D eigenvalue weighted by atomic mass is 9.93. The van der Waals surface area contributed by atoms with E-state index in [-0.39, 0.29) is 11.8 Å². The summed E-state index contributed by atoms with van der Waals surface area (Å²) < 4.78 is 5.40. The fourth-order valence-electron chi connectivity index (χ4n) is 2.78. The average Bonchev–Trinajstić information content (AvgIpc) is 3.09. The molecule has 0 spiro atoms. The molecule has 0 fully saturated rings. The Morgan fingerprint density at radius 2 is 1.76 bits per heavy atom. The summed E-state index contributed by atoms with van der Waals surface area (Å²) in [7, 11) is 0. The number of para-hydroxylation sites is 1. The van der Waals surface area contributed by atoms with Crippen molar-refractivity contribution in [3.8, 4) is 0 Å². The Morgan fingerprint density at radius 1 is 1.12 bits per heavy atom. The van der Waals surface area contributed by atoms with Crippen molar-refractivity contribution in [1.82, 2.24) is 5.16 Å². The van der Waals surface area contributed by atoms with Crippen molar-refractivity contribution in [3.05, 3.63) is 47.3 Å². The van der Waals surface area contributed by atoms with Gasteiger partial charge in [-0.2, -0.15) is 0 Å². The van der Waals surface area contributed by atoms with Crippen molar-refractivity contribution in [2.75, 3.05) is 5.32 Å². The molecule has 4 nitrogen and oxygen atoms in total. The van der Waals surface area contributed by atoms with E-state index in [1.54, 1.807) is 0 Å². The van der Waals surface area contributed by atoms with Crippen molar-refractivity contribution in [2.45, 2.75) is 66.7 Å². The zero-order valence-corrected chi connectivity index (χ0v) is 16.3. The molecule has 2 aromatic rings. The van der Waals surface area contributed by atoms with Gasteiger partial charge in [0.1, 0.15) is 5.76 Å². The number of aryl methyl sites for hydroxylation is 1. The van der Waals surface area contributed by atoms with E-state index >= 15 is 0 Å². The molecule has 4 heteroatoms. The fraction of sp³-hybridized carbons (Fsp3) is 0.524. The molecule has 1 aliphatic rings. The van der Waals surface area contributed by atoms with Gasteiger partial charge >= 0.3 is 0 Å². The average molecular weight is 344 g/mol. The van der Waals surface area contributed by atoms with Crippen molar-refractivity contribution >= 4 is 11.6 Å². The van der Waals surface area contributed by atoms with Gasteiger partial charge in [-0.3, -0.25) is 4.79 Å². The van der Waals surface area contributed by atoms with Crippen molar-refractivity contribution in [2.24, 2.45) is 5.92 Å². The first-order chi connectivity index (χ1) is 12.2. The molecule has 1 N–H and O–H groups in total. The summed E-state index contributed by atoms with van der Waals surface area (Å²) >= 11 is 0. The van der Waals surface area contributed by atoms with Crippen LogP contribution in [-0.4, -0.2) is 11.1 Å². The number of fused-ring (bicyclic) bond motifs is 1. The maximum atomic E-state index is 12.2. The second kappa shape index (κ2) is 11.5. The van der Waals surface area contributed by atoms with E-state index in [0.717, 1.165) is 30.0 Å². The van der Waals surface area contributed by atoms with Crippen LogP contribution in [0.2, 0.25) is 0 Å². The lowest BCUT2D eigenvalue weighted by Gasteiger charge is -2.13. The van der Waals surface area contributed by atoms with E-state index in [1.165, 1.54) is 18.4 Å². The number of carbonyl (C=O) groups is 1. The van der Waals surface area contributed by atoms with E-state index in [4.69, 9.17) is 4.52 Å². The summed E-state index contributed by atoms with van der Waals surface area (Å²) in [5.74, 6) is 0.919. The molecule has 0 saturated heterocycles. The van der Waals surface area contributed by atoms with Gasteiger partial charge in [0.05, 0.1) is 5.69 Å². The summed E-state index contributed by atoms with van der Waals surface area (Å²) in [6, 6.07) is 9.54. The SMILES string of the molecule is CC.CC.C[C@@H](Cc1noc2c1CCCC2)C(=O)Nc1ccccc1. The smallest absolute Gasteiger partial charge is 0.227 e. The Labute approximate surface area is 152 Å². The molecule has 1 heterocycles. The Kier molecular flexibility index (Phi) is 9.60. The lowest BCUT2D eigenvalue weighted by Crippen LogP contribution is -2.22. The summed E-state index contributed by atoms with van der Waals surface area (Å²) in [6.45, 7) is 9.93. The predicted molar refractivity (Wildman–Crippen MR) is 104 cm³/mol. The summed E-state index contributed by atoms with van der Waals surface area (Å²) in [6.07, 6.45) is 5.00. The van der Waals surface area contributed by atoms with Crippen LogP contribution in [0.1, 0.15) is 64.5 Å². The predicted octanol–water partition coefficient (Wildman–Crippen LogP) is 5.42. The van der Waals surface area contributed by atoms with Gasteiger partial charge in [0, 0.05) is 30.0 Å². The topological polar surface area (TPSA) is 55.1 Å². The molecule has 138 valence electrons. The Hall–Kier alpha value is -2.10. The van der Waals surface area contributed by atoms with E-state index < -0.39 is 0 Å². The highest BCUT2D eigenvalue weighted by Gasteiger charge is 2.23. The highest BCUT2D eigenvalue weighted by Crippen LogP contribution is 2.26. The number of rotatable bonds is 4. The minimum absolute atomic E-state index is 0.0220. The van der Waals surface area contributed by atoms with Gasteiger partial charge in [0.25, 0.3) is 0 Å². The number of amides is 1. The van der Waals surface area contributed by atoms with Gasteiger partial charge in [-0.1, -0.05) is 58.0 Å². The van der Waals surface area contributed by atoms with Crippen LogP contribution in [0.15, 0.2) is 34.9 Å². The van der Waals surface area contributed by atoms with Crippen LogP contribution < -0.4 is 5.32 Å². The molecule has 0 aliphatic heterocycles. The number of hydrogen-bond donors (Lipinski definition) is 1. The quantitative estimate of drug-likeness (QED) is 0.805. The summed E-state index contributed by atoms with van der Waals surface area (Å²) in [4.78, 5) is 12.2. The molecule has 25 heavy (non-hydrogen) atoms. The first kappa shape index (κ1) is 20.9. The third-order valence-electron chi connectivity index (χ3n) is 4.02. The lowest BCUT2D eigenvalue weighted by molar-refractivity contribution is -0.119. The van der Waals surface area contributed by atoms with Crippen molar-refractivity contribution < 1.29 is 9.32 Å². The molecular formula is C21H32N2O2. The number of carbonyl (C=O) groups excluding carboxylic acids is 1. The normalized spacial score (nSPS) is 13.3. The van der Waals surface area contributed by atoms with Crippen molar-refractivity contribution in [1.29, 1.82) is 0 Å². The van der Waals surface area contributed by atoms with Gasteiger partial charge in [-0.25, -0.2) is 0 Å². The maximum absolute atomic E-state index is 12.2. The molecular weight excluding hydrogens is 312 g/mol. The van der Waals surface area contributed by atoms with Gasteiger partial charge < -0.3 is 9.84 Å². The van der Waals surface area contributed by atoms with Crippen molar-refractivity contribution in [3.63, 3.8) is 0 Å². The van der Waals surface area contributed by atoms with Gasteiger partial charge in [-0.05, 0) is 31.4 Å². The highest BCUT2D eigenvalue weighted by molar-refractivity contribution is 5.92. The summed E-state index contributed by atoms with van der Waals surface area (Å²) in [5.41, 5.74) is 3.03. The Bertz CT molecular complexity index is 620. The zero-order valence-electron chi connectivity index (χ0n) is 16.3. The molecule has 0 unspecified atom stereocenters. The second-order valence-corrected chi connectivity index (χ2v) is 5.70. The molecule has 0 radical (unpaired) electrons. The molecule has 0 saturated carbocycles. The molecule has 1 aliphatic carbocycles. The van der Waals surface area contributed by atoms with Crippen LogP contribution in [0.4, 0.5) is 5.69 Å². The number of hydrogen-bond acceptors (Lipinski definition) is 3. The van der Waals surface area contributed by atoms with E-state index in [2.05, 4.69) is 10.5 Å². The third-order valence-corrected chi connectivity index (χ3v) is 4.02. The van der Waals surface area contributed by atoms with E-state index in [1.807, 2.05) is 65.0 Å². The van der Waals surface area contributed by atoms with Crippen LogP contribution in [0.25, 0.3) is 0 Å². The van der Waals surface area contributed by atoms with Crippen LogP contribution in [0, 0.1) is 5.92 Å². The second-order valence-electron chi connectivity index (χ2n) is 5.70. The molecule has 1 aromatic carbocycles. The molecule has 0 bridgehead atoms. The molecule has 1 atom stereocenters. The van der Waals surface area contributed by atoms with Crippen LogP contribution >= 0.6 is 0 Å². The fourth-order valence-corrected chi connectivity index (χ4v) is 2.78. The third kappa shape index (κ3) is 6.04. The van der Waals surface area contributed by atoms with E-state index in [0.29, 0.717) is 6.42 Å². The molecule has 1 amide bonds. The first-order valence-corrected chi connectivity index (χ1v) is 9.56. The molecule has 3 rings (SSSR count). The monoisotopic (exact) mass is 344 g/mol. The zero-order chi connectivity index (χ0) is 18.7. The highest BCUT2D eigenvalue weighted by atomic mass is 16.5. The minimum Gasteiger partial charge on any atom is -0.361 e. The van der Waals surface area contributed by atoms with Gasteiger partial charge in [0.2, 0.25) is 5.91 Å². The van der Waals surface area contributed by atoms with E-state index in [9.17, 15) is 4.79 Å². The minimum atomic E-state index is -0.124. The first-order valence-electron chi connectivity index (χ1n) is 9.56. The number of aromatic nitrogens is 1. The Balaban J connectivity index is 0.000000730. The number of anilines is 1. The number of nitrogens with one attached hydrogen (secondary N) is 1. The largest absolute Gasteiger partial charge is 0.361 e. The van der Waals surface area contributed by atoms with Gasteiger partial charge in [0.15, 0.2) is 0 Å². The number of benzene rings is 1. The standard InChI is InChI=1S/C17H20N2O2.2C2H6/c1-12(17(20)18-13-7-3-2-4-8-13)11-15-14-9-5-6-10-16(14)21-19-15;2*1-2/h2-4,7-8,12H,5-6,9-11H2,1H3,(H,18,20);2*1-2H3/t12-;;/m0../s1. The number of nitrogens with zero attached hydrogens (tertiary/aromatic N) is 1. The van der Waals surface area contributed by atoms with Crippen LogP contribution in [-0.2, 0) is 24.1 Å². The van der Waals surface area contributed by atoms with Gasteiger partial charge in [-0.15, -0.1) is 0 Å². The Morgan fingerprint density at radius 3 is 2.44 bits per heavy atom. The van der Waals surface area contributed by atoms with Crippen LogP contribution in [0.3, 0.4) is 0 Å². The maximum Gasteiger partial charge on any atom is 0.227 e. The summed E-state index contributed by atoms with van der Waals surface area (Å²) in [5, 5.41) is 7.11. The molecule has 1 aromatic heterocycles.